The third-order valence-corrected chi connectivity index (χ3v) is 5.98. The number of fused-ring (bicyclic) bond motifs is 3. The summed E-state index contributed by atoms with van der Waals surface area (Å²) in [6, 6.07) is 15.0. The van der Waals surface area contributed by atoms with Gasteiger partial charge in [0.25, 0.3) is 0 Å². The molecule has 3 N–H and O–H groups in total. The molecule has 0 saturated heterocycles. The second-order valence-corrected chi connectivity index (χ2v) is 8.09. The van der Waals surface area contributed by atoms with E-state index in [0.717, 1.165) is 22.3 Å². The van der Waals surface area contributed by atoms with Crippen molar-refractivity contribution < 1.29 is 33.7 Å². The molecule has 2 amide bonds. The van der Waals surface area contributed by atoms with E-state index in [2.05, 4.69) is 10.6 Å². The summed E-state index contributed by atoms with van der Waals surface area (Å²) < 4.78 is 15.8. The monoisotopic (exact) mass is 470 g/mol. The minimum Gasteiger partial charge on any atom is -0.481 e. The van der Waals surface area contributed by atoms with Gasteiger partial charge in [-0.1, -0.05) is 48.5 Å². The maximum Gasteiger partial charge on any atom is 0.407 e. The molecule has 0 radical (unpaired) electrons. The third kappa shape index (κ3) is 5.92. The Bertz CT molecular complexity index is 980. The summed E-state index contributed by atoms with van der Waals surface area (Å²) in [4.78, 5) is 36.2. The van der Waals surface area contributed by atoms with E-state index in [1.54, 1.807) is 6.92 Å². The van der Waals surface area contributed by atoms with Gasteiger partial charge in [0.05, 0.1) is 18.6 Å². The van der Waals surface area contributed by atoms with Crippen molar-refractivity contribution in [3.05, 3.63) is 59.7 Å². The molecule has 9 heteroatoms. The van der Waals surface area contributed by atoms with Crippen LogP contribution in [0.15, 0.2) is 48.5 Å². The number of carboxylic acid groups (broad SMARTS) is 1. The molecule has 2 aromatic carbocycles. The predicted octanol–water partition coefficient (Wildman–Crippen LogP) is 2.53. The number of carboxylic acids is 1. The van der Waals surface area contributed by atoms with Gasteiger partial charge in [0, 0.05) is 26.7 Å². The van der Waals surface area contributed by atoms with Gasteiger partial charge in [0.2, 0.25) is 5.91 Å². The zero-order chi connectivity index (χ0) is 24.7. The summed E-state index contributed by atoms with van der Waals surface area (Å²) in [5.74, 6) is -1.68. The Kier molecular flexibility index (Phi) is 8.61. The molecule has 0 spiro atoms. The number of rotatable bonds is 11. The quantitative estimate of drug-likeness (QED) is 0.461. The number of aliphatic carboxylic acids is 1. The molecule has 1 aliphatic carbocycles. The highest BCUT2D eigenvalue weighted by Crippen LogP contribution is 2.44. The Balaban J connectivity index is 1.62. The highest BCUT2D eigenvalue weighted by Gasteiger charge is 2.31. The number of nitrogens with one attached hydrogen (secondary N) is 2. The molecule has 0 aliphatic heterocycles. The van der Waals surface area contributed by atoms with E-state index < -0.39 is 36.2 Å². The molecule has 9 nitrogen and oxygen atoms in total. The first kappa shape index (κ1) is 25.2. The Hall–Kier alpha value is -3.43. The van der Waals surface area contributed by atoms with Crippen molar-refractivity contribution in [3.8, 4) is 11.1 Å². The molecular formula is C25H30N2O7. The van der Waals surface area contributed by atoms with Gasteiger partial charge < -0.3 is 30.0 Å². The second-order valence-electron chi connectivity index (χ2n) is 8.09. The van der Waals surface area contributed by atoms with E-state index in [1.807, 2.05) is 48.5 Å². The summed E-state index contributed by atoms with van der Waals surface area (Å²) >= 11 is 0. The van der Waals surface area contributed by atoms with Gasteiger partial charge in [-0.3, -0.25) is 9.59 Å². The van der Waals surface area contributed by atoms with E-state index in [1.165, 1.54) is 14.2 Å². The van der Waals surface area contributed by atoms with E-state index in [9.17, 15) is 14.4 Å². The maximum atomic E-state index is 12.7. The minimum absolute atomic E-state index is 0.0268. The van der Waals surface area contributed by atoms with E-state index in [4.69, 9.17) is 19.3 Å². The standard InChI is InChI=1S/C25H30N2O7/c1-15(32-2)23(24(30)26-13-16(33-3)12-22(28)29)27-25(31)34-14-21-19-10-6-4-8-17(19)18-9-5-7-11-20(18)21/h4-11,15-16,21,23H,12-14H2,1-3H3,(H,26,30)(H,27,31)(H,28,29). The molecule has 0 fully saturated rings. The predicted molar refractivity (Wildman–Crippen MR) is 125 cm³/mol. The van der Waals surface area contributed by atoms with Crippen LogP contribution >= 0.6 is 0 Å². The van der Waals surface area contributed by atoms with Gasteiger partial charge in [-0.15, -0.1) is 0 Å². The van der Waals surface area contributed by atoms with Crippen LogP contribution in [0.5, 0.6) is 0 Å². The molecular weight excluding hydrogens is 440 g/mol. The van der Waals surface area contributed by atoms with Crippen molar-refractivity contribution >= 4 is 18.0 Å². The van der Waals surface area contributed by atoms with Crippen LogP contribution in [0.4, 0.5) is 4.79 Å². The molecule has 2 aromatic rings. The van der Waals surface area contributed by atoms with Crippen molar-refractivity contribution in [2.75, 3.05) is 27.4 Å². The first-order valence-electron chi connectivity index (χ1n) is 11.0. The van der Waals surface area contributed by atoms with Crippen LogP contribution in [0.1, 0.15) is 30.4 Å². The molecule has 0 saturated carbocycles. The first-order valence-corrected chi connectivity index (χ1v) is 11.0. The summed E-state index contributed by atoms with van der Waals surface area (Å²) in [5.41, 5.74) is 4.40. The Morgan fingerprint density at radius 3 is 2.09 bits per heavy atom. The lowest BCUT2D eigenvalue weighted by molar-refractivity contribution is -0.140. The topological polar surface area (TPSA) is 123 Å². The number of ether oxygens (including phenoxy) is 3. The van der Waals surface area contributed by atoms with Gasteiger partial charge in [-0.2, -0.15) is 0 Å². The number of hydrogen-bond donors (Lipinski definition) is 3. The SMILES string of the molecule is COC(CNC(=O)C(NC(=O)OCC1c2ccccc2-c2ccccc21)C(C)OC)CC(=O)O. The van der Waals surface area contributed by atoms with Gasteiger partial charge >= 0.3 is 12.1 Å². The summed E-state index contributed by atoms with van der Waals surface area (Å²) in [6.45, 7) is 1.72. The van der Waals surface area contributed by atoms with Crippen molar-refractivity contribution in [2.45, 2.75) is 37.5 Å². The lowest BCUT2D eigenvalue weighted by Crippen LogP contribution is -2.54. The lowest BCUT2D eigenvalue weighted by atomic mass is 9.98. The molecule has 0 bridgehead atoms. The Morgan fingerprint density at radius 1 is 0.971 bits per heavy atom. The molecule has 1 aliphatic rings. The van der Waals surface area contributed by atoms with Crippen molar-refractivity contribution in [1.82, 2.24) is 10.6 Å². The fourth-order valence-electron chi connectivity index (χ4n) is 4.06. The zero-order valence-electron chi connectivity index (χ0n) is 19.4. The van der Waals surface area contributed by atoms with Crippen molar-refractivity contribution in [3.63, 3.8) is 0 Å². The van der Waals surface area contributed by atoms with Crippen LogP contribution in [0.2, 0.25) is 0 Å². The minimum atomic E-state index is -1.04. The molecule has 0 heterocycles. The summed E-state index contributed by atoms with van der Waals surface area (Å²) in [7, 11) is 2.79. The van der Waals surface area contributed by atoms with E-state index in [-0.39, 0.29) is 25.5 Å². The average molecular weight is 471 g/mol. The zero-order valence-corrected chi connectivity index (χ0v) is 19.4. The first-order chi connectivity index (χ1) is 16.3. The molecule has 3 atom stereocenters. The number of methoxy groups -OCH3 is 2. The molecule has 3 unspecified atom stereocenters. The maximum absolute atomic E-state index is 12.7. The molecule has 3 rings (SSSR count). The van der Waals surface area contributed by atoms with Gasteiger partial charge in [0.15, 0.2) is 0 Å². The number of alkyl carbamates (subject to hydrolysis) is 1. The van der Waals surface area contributed by atoms with Crippen LogP contribution < -0.4 is 10.6 Å². The second kappa shape index (κ2) is 11.6. The van der Waals surface area contributed by atoms with Crippen LogP contribution in [0.3, 0.4) is 0 Å². The van der Waals surface area contributed by atoms with Gasteiger partial charge in [0.1, 0.15) is 12.6 Å². The summed E-state index contributed by atoms with van der Waals surface area (Å²) in [6.07, 6.45) is -2.36. The van der Waals surface area contributed by atoms with Crippen molar-refractivity contribution in [1.29, 1.82) is 0 Å². The Labute approximate surface area is 198 Å². The number of amides is 2. The molecule has 182 valence electrons. The fourth-order valence-corrected chi connectivity index (χ4v) is 4.06. The van der Waals surface area contributed by atoms with Crippen molar-refractivity contribution in [2.24, 2.45) is 0 Å². The van der Waals surface area contributed by atoms with Crippen LogP contribution in [0.25, 0.3) is 11.1 Å². The fraction of sp³-hybridized carbons (Fsp3) is 0.400. The molecule has 0 aromatic heterocycles. The highest BCUT2D eigenvalue weighted by molar-refractivity contribution is 5.86. The number of hydrogen-bond acceptors (Lipinski definition) is 6. The number of benzene rings is 2. The average Bonchev–Trinajstić information content (AvgIpc) is 3.16. The van der Waals surface area contributed by atoms with Crippen LogP contribution in [-0.2, 0) is 23.8 Å². The van der Waals surface area contributed by atoms with E-state index >= 15 is 0 Å². The van der Waals surface area contributed by atoms with E-state index in [0.29, 0.717) is 0 Å². The normalized spacial score (nSPS) is 14.9. The largest absolute Gasteiger partial charge is 0.481 e. The third-order valence-electron chi connectivity index (χ3n) is 5.98. The number of carbonyl (C=O) groups excluding carboxylic acids is 2. The summed E-state index contributed by atoms with van der Waals surface area (Å²) in [5, 5.41) is 14.1. The smallest absolute Gasteiger partial charge is 0.407 e. The van der Waals surface area contributed by atoms with Gasteiger partial charge in [-0.05, 0) is 29.2 Å². The number of carbonyl (C=O) groups is 3. The lowest BCUT2D eigenvalue weighted by Gasteiger charge is -2.24. The van der Waals surface area contributed by atoms with Crippen LogP contribution in [0, 0.1) is 0 Å². The molecule has 34 heavy (non-hydrogen) atoms. The Morgan fingerprint density at radius 2 is 1.56 bits per heavy atom. The highest BCUT2D eigenvalue weighted by atomic mass is 16.5. The van der Waals surface area contributed by atoms with Crippen LogP contribution in [-0.4, -0.2) is 68.7 Å². The van der Waals surface area contributed by atoms with Gasteiger partial charge in [-0.25, -0.2) is 4.79 Å².